The van der Waals surface area contributed by atoms with Crippen LogP contribution in [-0.4, -0.2) is 11.7 Å². The molecule has 0 spiro atoms. The lowest BCUT2D eigenvalue weighted by Crippen LogP contribution is -2.02. The second-order valence-electron chi connectivity index (χ2n) is 2.49. The molecule has 1 rings (SSSR count). The van der Waals surface area contributed by atoms with Gasteiger partial charge in [-0.05, 0) is 18.2 Å². The van der Waals surface area contributed by atoms with E-state index in [-0.39, 0.29) is 23.6 Å². The molecule has 1 aromatic carbocycles. The van der Waals surface area contributed by atoms with Gasteiger partial charge in [0.15, 0.2) is 5.78 Å². The standard InChI is InChI=1S/C9H7BrClFO/c10-6-1-2-8(12)7(5-6)9(13)3-4-11/h1-2,5H,3-4H2. The van der Waals surface area contributed by atoms with Crippen LogP contribution in [0.2, 0.25) is 0 Å². The Balaban J connectivity index is 2.99. The van der Waals surface area contributed by atoms with Crippen LogP contribution in [0.1, 0.15) is 16.8 Å². The maximum absolute atomic E-state index is 13.1. The van der Waals surface area contributed by atoms with E-state index in [4.69, 9.17) is 11.6 Å². The van der Waals surface area contributed by atoms with E-state index >= 15 is 0 Å². The molecule has 0 amide bonds. The van der Waals surface area contributed by atoms with Crippen molar-refractivity contribution in [2.24, 2.45) is 0 Å². The molecule has 0 unspecified atom stereocenters. The van der Waals surface area contributed by atoms with Crippen molar-refractivity contribution in [1.29, 1.82) is 0 Å². The average molecular weight is 266 g/mol. The predicted octanol–water partition coefficient (Wildman–Crippen LogP) is 3.40. The number of ketones is 1. The van der Waals surface area contributed by atoms with Gasteiger partial charge < -0.3 is 0 Å². The summed E-state index contributed by atoms with van der Waals surface area (Å²) in [7, 11) is 0. The number of hydrogen-bond donors (Lipinski definition) is 0. The molecule has 0 heterocycles. The molecule has 70 valence electrons. The van der Waals surface area contributed by atoms with Crippen molar-refractivity contribution in [2.75, 3.05) is 5.88 Å². The van der Waals surface area contributed by atoms with Gasteiger partial charge in [-0.15, -0.1) is 11.6 Å². The van der Waals surface area contributed by atoms with E-state index in [1.165, 1.54) is 12.1 Å². The maximum Gasteiger partial charge on any atom is 0.167 e. The Morgan fingerprint density at radius 2 is 2.23 bits per heavy atom. The minimum atomic E-state index is -0.502. The van der Waals surface area contributed by atoms with Crippen molar-refractivity contribution < 1.29 is 9.18 Å². The lowest BCUT2D eigenvalue weighted by Gasteiger charge is -2.00. The van der Waals surface area contributed by atoms with E-state index in [0.717, 1.165) is 0 Å². The average Bonchev–Trinajstić information content (AvgIpc) is 2.09. The van der Waals surface area contributed by atoms with Gasteiger partial charge in [0.05, 0.1) is 5.56 Å². The Morgan fingerprint density at radius 3 is 2.85 bits per heavy atom. The van der Waals surface area contributed by atoms with E-state index < -0.39 is 5.82 Å². The molecule has 1 nitrogen and oxygen atoms in total. The fourth-order valence-corrected chi connectivity index (χ4v) is 1.46. The Morgan fingerprint density at radius 1 is 1.54 bits per heavy atom. The van der Waals surface area contributed by atoms with Gasteiger partial charge in [-0.1, -0.05) is 15.9 Å². The zero-order valence-electron chi connectivity index (χ0n) is 6.69. The molecule has 0 aliphatic carbocycles. The molecule has 0 fully saturated rings. The molecule has 0 aliphatic heterocycles. The van der Waals surface area contributed by atoms with Crippen LogP contribution >= 0.6 is 27.5 Å². The Labute approximate surface area is 89.0 Å². The second kappa shape index (κ2) is 4.72. The Hall–Kier alpha value is -0.410. The molecule has 0 saturated heterocycles. The number of carbonyl (C=O) groups excluding carboxylic acids is 1. The van der Waals surface area contributed by atoms with Gasteiger partial charge in [0.25, 0.3) is 0 Å². The molecule has 0 N–H and O–H groups in total. The van der Waals surface area contributed by atoms with E-state index in [9.17, 15) is 9.18 Å². The lowest BCUT2D eigenvalue weighted by molar-refractivity contribution is 0.0985. The van der Waals surface area contributed by atoms with Crippen molar-refractivity contribution in [3.8, 4) is 0 Å². The van der Waals surface area contributed by atoms with Gasteiger partial charge in [0.2, 0.25) is 0 Å². The molecule has 0 aliphatic rings. The first-order valence-corrected chi connectivity index (χ1v) is 5.02. The topological polar surface area (TPSA) is 17.1 Å². The highest BCUT2D eigenvalue weighted by molar-refractivity contribution is 9.10. The van der Waals surface area contributed by atoms with E-state index in [2.05, 4.69) is 15.9 Å². The van der Waals surface area contributed by atoms with Crippen molar-refractivity contribution in [3.05, 3.63) is 34.1 Å². The summed E-state index contributed by atoms with van der Waals surface area (Å²) in [6.07, 6.45) is 0.162. The first kappa shape index (κ1) is 10.7. The molecular formula is C9H7BrClFO. The third-order valence-electron chi connectivity index (χ3n) is 1.55. The smallest absolute Gasteiger partial charge is 0.167 e. The highest BCUT2D eigenvalue weighted by atomic mass is 79.9. The summed E-state index contributed by atoms with van der Waals surface area (Å²) in [4.78, 5) is 11.3. The minimum Gasteiger partial charge on any atom is -0.294 e. The molecule has 0 radical (unpaired) electrons. The van der Waals surface area contributed by atoms with Crippen molar-refractivity contribution in [3.63, 3.8) is 0 Å². The molecule has 13 heavy (non-hydrogen) atoms. The van der Waals surface area contributed by atoms with Crippen LogP contribution in [0, 0.1) is 5.82 Å². The summed E-state index contributed by atoms with van der Waals surface area (Å²) < 4.78 is 13.7. The SMILES string of the molecule is O=C(CCCl)c1cc(Br)ccc1F. The third kappa shape index (κ3) is 2.78. The summed E-state index contributed by atoms with van der Waals surface area (Å²) in [6.45, 7) is 0. The Kier molecular flexibility index (Phi) is 3.88. The molecule has 0 saturated carbocycles. The van der Waals surface area contributed by atoms with Crippen LogP contribution in [-0.2, 0) is 0 Å². The molecular weight excluding hydrogens is 258 g/mol. The fraction of sp³-hybridized carbons (Fsp3) is 0.222. The number of carbonyl (C=O) groups is 1. The molecule has 0 bridgehead atoms. The minimum absolute atomic E-state index is 0.0926. The van der Waals surface area contributed by atoms with Crippen molar-refractivity contribution >= 4 is 33.3 Å². The summed E-state index contributed by atoms with van der Waals surface area (Å²) in [6, 6.07) is 4.27. The second-order valence-corrected chi connectivity index (χ2v) is 3.78. The summed E-state index contributed by atoms with van der Waals surface area (Å²) >= 11 is 8.55. The van der Waals surface area contributed by atoms with Crippen molar-refractivity contribution in [2.45, 2.75) is 6.42 Å². The zero-order chi connectivity index (χ0) is 9.84. The highest BCUT2D eigenvalue weighted by Crippen LogP contribution is 2.17. The van der Waals surface area contributed by atoms with Crippen LogP contribution in [0.25, 0.3) is 0 Å². The third-order valence-corrected chi connectivity index (χ3v) is 2.23. The largest absolute Gasteiger partial charge is 0.294 e. The van der Waals surface area contributed by atoms with Crippen LogP contribution < -0.4 is 0 Å². The number of rotatable bonds is 3. The van der Waals surface area contributed by atoms with E-state index in [0.29, 0.717) is 4.47 Å². The molecule has 0 atom stereocenters. The van der Waals surface area contributed by atoms with Gasteiger partial charge >= 0.3 is 0 Å². The number of alkyl halides is 1. The predicted molar refractivity (Wildman–Crippen MR) is 53.8 cm³/mol. The zero-order valence-corrected chi connectivity index (χ0v) is 9.03. The lowest BCUT2D eigenvalue weighted by atomic mass is 10.1. The van der Waals surface area contributed by atoms with Crippen LogP contribution in [0.3, 0.4) is 0 Å². The molecule has 4 heteroatoms. The quantitative estimate of drug-likeness (QED) is 0.605. The van der Waals surface area contributed by atoms with E-state index in [1.54, 1.807) is 6.07 Å². The maximum atomic E-state index is 13.1. The number of Topliss-reactive ketones (excluding diaryl/α,β-unsaturated/α-hetero) is 1. The van der Waals surface area contributed by atoms with Crippen LogP contribution in [0.5, 0.6) is 0 Å². The first-order valence-electron chi connectivity index (χ1n) is 3.69. The van der Waals surface area contributed by atoms with Gasteiger partial charge in [0, 0.05) is 16.8 Å². The van der Waals surface area contributed by atoms with Crippen molar-refractivity contribution in [1.82, 2.24) is 0 Å². The number of halogens is 3. The summed E-state index contributed by atoms with van der Waals surface area (Å²) in [5.74, 6) is -0.558. The number of benzene rings is 1. The fourth-order valence-electron chi connectivity index (χ4n) is 0.932. The van der Waals surface area contributed by atoms with Gasteiger partial charge in [0.1, 0.15) is 5.82 Å². The van der Waals surface area contributed by atoms with Crippen LogP contribution in [0.15, 0.2) is 22.7 Å². The van der Waals surface area contributed by atoms with Gasteiger partial charge in [-0.2, -0.15) is 0 Å². The van der Waals surface area contributed by atoms with E-state index in [1.807, 2.05) is 0 Å². The van der Waals surface area contributed by atoms with Crippen LogP contribution in [0.4, 0.5) is 4.39 Å². The van der Waals surface area contributed by atoms with Gasteiger partial charge in [-0.3, -0.25) is 4.79 Å². The summed E-state index contributed by atoms with van der Waals surface area (Å²) in [5, 5.41) is 0. The number of hydrogen-bond acceptors (Lipinski definition) is 1. The highest BCUT2D eigenvalue weighted by Gasteiger charge is 2.10. The molecule has 0 aromatic heterocycles. The first-order chi connectivity index (χ1) is 6.15. The molecule has 1 aromatic rings. The van der Waals surface area contributed by atoms with Gasteiger partial charge in [-0.25, -0.2) is 4.39 Å². The monoisotopic (exact) mass is 264 g/mol. The Bertz CT molecular complexity index is 327. The summed E-state index contributed by atoms with van der Waals surface area (Å²) in [5.41, 5.74) is 0.0926. The normalized spacial score (nSPS) is 10.1.